The summed E-state index contributed by atoms with van der Waals surface area (Å²) in [6.07, 6.45) is 6.79. The highest BCUT2D eigenvalue weighted by molar-refractivity contribution is 5.84. The third-order valence-electron chi connectivity index (χ3n) is 9.11. The van der Waals surface area contributed by atoms with Crippen molar-refractivity contribution >= 4 is 11.0 Å². The van der Waals surface area contributed by atoms with Gasteiger partial charge in [-0.2, -0.15) is 0 Å². The summed E-state index contributed by atoms with van der Waals surface area (Å²) in [4.78, 5) is 16.6. The van der Waals surface area contributed by atoms with Crippen LogP contribution in [0.2, 0.25) is 0 Å². The fraction of sp³-hybridized carbons (Fsp3) is 0.429. The van der Waals surface area contributed by atoms with Gasteiger partial charge in [-0.3, -0.25) is 0 Å². The van der Waals surface area contributed by atoms with Gasteiger partial charge in [-0.15, -0.1) is 0 Å². The lowest BCUT2D eigenvalue weighted by Gasteiger charge is -2.16. The van der Waals surface area contributed by atoms with E-state index >= 15 is 4.39 Å². The summed E-state index contributed by atoms with van der Waals surface area (Å²) in [5.41, 5.74) is 8.02. The van der Waals surface area contributed by atoms with E-state index in [4.69, 9.17) is 4.98 Å². The van der Waals surface area contributed by atoms with Crippen molar-refractivity contribution in [2.75, 3.05) is 0 Å². The molecule has 2 aromatic heterocycles. The number of imidazole rings is 2. The van der Waals surface area contributed by atoms with Crippen LogP contribution >= 0.6 is 0 Å². The molecule has 3 aliphatic carbocycles. The van der Waals surface area contributed by atoms with Gasteiger partial charge in [0, 0.05) is 17.6 Å². The average Bonchev–Trinajstić information content (AvgIpc) is 3.45. The Morgan fingerprint density at radius 1 is 0.771 bits per heavy atom. The highest BCUT2D eigenvalue weighted by Crippen LogP contribution is 2.47. The third-order valence-corrected chi connectivity index (χ3v) is 9.11. The highest BCUT2D eigenvalue weighted by atomic mass is 19.1. The minimum atomic E-state index is -0.261. The standard InChI is InChI=1S/C28H27FN6/c29-18-6-14(7-22-26(18)35-28(33-22)24-11-16-9-21(16)31-24)12-1-3-17-13(5-12)2-4-19-25(17)34-27(32-19)23-10-15-8-20(15)30-23/h1,3,5-7,15-16,20-21,23-24,30-31H,2,4,8-11H2,(H,32,34)(H,33,35)/t15-,16-,20-,21-,23+,24+/m1/s1. The second kappa shape index (κ2) is 6.59. The van der Waals surface area contributed by atoms with Crippen LogP contribution < -0.4 is 10.6 Å². The van der Waals surface area contributed by atoms with Gasteiger partial charge in [0.25, 0.3) is 0 Å². The summed E-state index contributed by atoms with van der Waals surface area (Å²) in [6, 6.07) is 12.1. The first-order chi connectivity index (χ1) is 17.2. The molecule has 6 nitrogen and oxygen atoms in total. The van der Waals surface area contributed by atoms with Gasteiger partial charge in [-0.05, 0) is 79.2 Å². The van der Waals surface area contributed by atoms with Crippen molar-refractivity contribution in [3.8, 4) is 22.4 Å². The minimum absolute atomic E-state index is 0.219. The summed E-state index contributed by atoms with van der Waals surface area (Å²) in [5, 5.41) is 7.32. The summed E-state index contributed by atoms with van der Waals surface area (Å²) in [5.74, 6) is 3.32. The van der Waals surface area contributed by atoms with Crippen LogP contribution in [-0.2, 0) is 12.8 Å². The third kappa shape index (κ3) is 2.88. The first-order valence-electron chi connectivity index (χ1n) is 13.1. The second-order valence-electron chi connectivity index (χ2n) is 11.4. The van der Waals surface area contributed by atoms with Gasteiger partial charge in [0.2, 0.25) is 0 Å². The number of halogens is 1. The molecule has 0 spiro atoms. The van der Waals surface area contributed by atoms with E-state index in [0.717, 1.165) is 65.1 Å². The summed E-state index contributed by atoms with van der Waals surface area (Å²) < 4.78 is 15.1. The van der Waals surface area contributed by atoms with Crippen LogP contribution in [0.15, 0.2) is 30.3 Å². The van der Waals surface area contributed by atoms with E-state index in [-0.39, 0.29) is 11.9 Å². The van der Waals surface area contributed by atoms with Gasteiger partial charge in [-0.25, -0.2) is 14.4 Å². The maximum Gasteiger partial charge on any atom is 0.151 e. The van der Waals surface area contributed by atoms with Gasteiger partial charge < -0.3 is 20.6 Å². The number of aryl methyl sites for hydroxylation is 2. The number of benzene rings is 2. The Hall–Kier alpha value is -3.03. The molecule has 4 heterocycles. The zero-order valence-electron chi connectivity index (χ0n) is 19.4. The largest absolute Gasteiger partial charge is 0.341 e. The van der Waals surface area contributed by atoms with Gasteiger partial charge in [0.05, 0.1) is 29.0 Å². The molecular weight excluding hydrogens is 439 g/mol. The van der Waals surface area contributed by atoms with Gasteiger partial charge >= 0.3 is 0 Å². The quantitative estimate of drug-likeness (QED) is 0.353. The predicted molar refractivity (Wildman–Crippen MR) is 131 cm³/mol. The normalized spacial score (nSPS) is 31.8. The van der Waals surface area contributed by atoms with Crippen LogP contribution in [-0.4, -0.2) is 32.0 Å². The number of nitrogens with zero attached hydrogens (tertiary/aromatic N) is 2. The number of piperidine rings is 2. The number of H-pyrrole nitrogens is 2. The SMILES string of the molecule is Fc1cc(-c2ccc3c(c2)CCc2nc([C@@H]4C[C@H]5C[C@H]5N4)[nH]c2-3)cc2[nH]c([C@@H]3C[C@H]4C[C@H]4N3)nc12. The average molecular weight is 467 g/mol. The van der Waals surface area contributed by atoms with Crippen molar-refractivity contribution < 1.29 is 4.39 Å². The molecule has 4 aromatic rings. The molecule has 5 aliphatic rings. The molecule has 176 valence electrons. The molecule has 2 aliphatic heterocycles. The Labute approximate surface area is 202 Å². The van der Waals surface area contributed by atoms with Crippen LogP contribution in [0.5, 0.6) is 0 Å². The Morgan fingerprint density at radius 3 is 2.29 bits per heavy atom. The number of aromatic amines is 2. The molecular formula is C28H27FN6. The van der Waals surface area contributed by atoms with Crippen LogP contribution in [0.1, 0.15) is 60.7 Å². The maximum absolute atomic E-state index is 15.1. The molecule has 4 fully saturated rings. The van der Waals surface area contributed by atoms with Crippen LogP contribution in [0, 0.1) is 17.7 Å². The Balaban J connectivity index is 1.05. The van der Waals surface area contributed by atoms with Crippen LogP contribution in [0.25, 0.3) is 33.4 Å². The lowest BCUT2D eigenvalue weighted by atomic mass is 9.89. The van der Waals surface area contributed by atoms with E-state index in [1.807, 2.05) is 6.07 Å². The van der Waals surface area contributed by atoms with Crippen molar-refractivity contribution in [2.24, 2.45) is 11.8 Å². The predicted octanol–water partition coefficient (Wildman–Crippen LogP) is 4.70. The zero-order valence-corrected chi connectivity index (χ0v) is 19.4. The molecule has 35 heavy (non-hydrogen) atoms. The maximum atomic E-state index is 15.1. The van der Waals surface area contributed by atoms with E-state index in [1.165, 1.54) is 36.1 Å². The topological polar surface area (TPSA) is 81.4 Å². The molecule has 9 rings (SSSR count). The van der Waals surface area contributed by atoms with Crippen LogP contribution in [0.3, 0.4) is 0 Å². The summed E-state index contributed by atoms with van der Waals surface area (Å²) in [7, 11) is 0. The monoisotopic (exact) mass is 466 g/mol. The molecule has 0 bridgehead atoms. The van der Waals surface area contributed by atoms with Crippen molar-refractivity contribution in [3.05, 3.63) is 59.1 Å². The second-order valence-corrected chi connectivity index (χ2v) is 11.4. The molecule has 4 N–H and O–H groups in total. The number of nitrogens with one attached hydrogen (secondary N) is 4. The molecule has 0 radical (unpaired) electrons. The molecule has 2 saturated carbocycles. The molecule has 7 heteroatoms. The van der Waals surface area contributed by atoms with Crippen LogP contribution in [0.4, 0.5) is 4.39 Å². The molecule has 2 aromatic carbocycles. The van der Waals surface area contributed by atoms with Gasteiger partial charge in [0.1, 0.15) is 17.2 Å². The first-order valence-corrected chi connectivity index (χ1v) is 13.1. The number of rotatable bonds is 3. The fourth-order valence-corrected chi connectivity index (χ4v) is 6.97. The molecule has 2 saturated heterocycles. The van der Waals surface area contributed by atoms with Gasteiger partial charge in [-0.1, -0.05) is 18.2 Å². The molecule has 0 amide bonds. The number of aromatic nitrogens is 4. The van der Waals surface area contributed by atoms with E-state index < -0.39 is 0 Å². The number of hydrogen-bond donors (Lipinski definition) is 4. The lowest BCUT2D eigenvalue weighted by Crippen LogP contribution is -2.18. The van der Waals surface area contributed by atoms with Gasteiger partial charge in [0.15, 0.2) is 5.82 Å². The number of fused-ring (bicyclic) bond motifs is 6. The Kier molecular flexibility index (Phi) is 3.61. The van der Waals surface area contributed by atoms with Crippen molar-refractivity contribution in [1.29, 1.82) is 0 Å². The van der Waals surface area contributed by atoms with E-state index in [9.17, 15) is 0 Å². The van der Waals surface area contributed by atoms with E-state index in [0.29, 0.717) is 23.6 Å². The highest BCUT2D eigenvalue weighted by Gasteiger charge is 2.47. The van der Waals surface area contributed by atoms with Crippen molar-refractivity contribution in [3.63, 3.8) is 0 Å². The zero-order chi connectivity index (χ0) is 22.8. The van der Waals surface area contributed by atoms with E-state index in [2.05, 4.69) is 43.8 Å². The Morgan fingerprint density at radius 2 is 1.54 bits per heavy atom. The summed E-state index contributed by atoms with van der Waals surface area (Å²) >= 11 is 0. The fourth-order valence-electron chi connectivity index (χ4n) is 6.97. The smallest absolute Gasteiger partial charge is 0.151 e. The minimum Gasteiger partial charge on any atom is -0.341 e. The number of hydrogen-bond acceptors (Lipinski definition) is 4. The summed E-state index contributed by atoms with van der Waals surface area (Å²) in [6.45, 7) is 0. The van der Waals surface area contributed by atoms with Crippen molar-refractivity contribution in [2.45, 2.75) is 62.7 Å². The Bertz CT molecular complexity index is 1510. The lowest BCUT2D eigenvalue weighted by molar-refractivity contribution is 0.542. The first kappa shape index (κ1) is 19.2. The van der Waals surface area contributed by atoms with E-state index in [1.54, 1.807) is 6.07 Å². The van der Waals surface area contributed by atoms with Crippen molar-refractivity contribution in [1.82, 2.24) is 30.6 Å². The molecule has 6 atom stereocenters. The molecule has 0 unspecified atom stereocenters.